The van der Waals surface area contributed by atoms with Crippen LogP contribution in [0.25, 0.3) is 0 Å². The Bertz CT molecular complexity index is 871. The van der Waals surface area contributed by atoms with Gasteiger partial charge in [-0.3, -0.25) is 14.6 Å². The number of carbonyl (C=O) groups is 2. The summed E-state index contributed by atoms with van der Waals surface area (Å²) in [4.78, 5) is 30.5. The van der Waals surface area contributed by atoms with Crippen molar-refractivity contribution in [1.29, 1.82) is 0 Å². The number of nitrogens with zero attached hydrogens (tertiary/aromatic N) is 2. The molecule has 1 atom stereocenters. The largest absolute Gasteiger partial charge is 0.484 e. The number of hydrogen-bond acceptors (Lipinski definition) is 6. The topological polar surface area (TPSA) is 113 Å². The fraction of sp³-hybridized carbons (Fsp3) is 0.333. The van der Waals surface area contributed by atoms with Crippen LogP contribution in [-0.2, 0) is 4.79 Å². The van der Waals surface area contributed by atoms with Crippen molar-refractivity contribution in [2.75, 3.05) is 19.7 Å². The van der Waals surface area contributed by atoms with Gasteiger partial charge in [0.25, 0.3) is 18.2 Å². The number of halogens is 4. The van der Waals surface area contributed by atoms with Crippen LogP contribution in [0.5, 0.6) is 5.75 Å². The second-order valence-electron chi connectivity index (χ2n) is 5.99. The average molecular weight is 447 g/mol. The molecule has 12 heteroatoms. The Morgan fingerprint density at radius 1 is 1.20 bits per heavy atom. The number of aliphatic hydroxyl groups is 1. The van der Waals surface area contributed by atoms with Gasteiger partial charge in [-0.15, -0.1) is 0 Å². The number of ether oxygens (including phenoxy) is 1. The lowest BCUT2D eigenvalue weighted by molar-refractivity contribution is -0.123. The molecule has 1 heterocycles. The molecule has 1 aromatic carbocycles. The van der Waals surface area contributed by atoms with E-state index in [0.29, 0.717) is 0 Å². The van der Waals surface area contributed by atoms with Gasteiger partial charge in [-0.1, -0.05) is 11.6 Å². The number of alkyl halides is 2. The van der Waals surface area contributed by atoms with Crippen molar-refractivity contribution >= 4 is 23.4 Å². The van der Waals surface area contributed by atoms with Gasteiger partial charge in [0.05, 0.1) is 23.5 Å². The Kier molecular flexibility index (Phi) is 8.81. The van der Waals surface area contributed by atoms with Gasteiger partial charge in [0.1, 0.15) is 23.0 Å². The summed E-state index contributed by atoms with van der Waals surface area (Å²) in [6.45, 7) is -0.411. The van der Waals surface area contributed by atoms with Crippen molar-refractivity contribution in [3.63, 3.8) is 0 Å². The Morgan fingerprint density at radius 3 is 2.60 bits per heavy atom. The molecule has 162 valence electrons. The monoisotopic (exact) mass is 446 g/mol. The zero-order valence-electron chi connectivity index (χ0n) is 15.4. The Morgan fingerprint density at radius 2 is 1.97 bits per heavy atom. The smallest absolute Gasteiger partial charge is 0.281 e. The highest BCUT2D eigenvalue weighted by Crippen LogP contribution is 2.20. The maximum absolute atomic E-state index is 13.3. The highest BCUT2D eigenvalue weighted by molar-refractivity contribution is 6.30. The molecule has 2 rings (SSSR count). The molecule has 0 saturated carbocycles. The van der Waals surface area contributed by atoms with Crippen LogP contribution >= 0.6 is 11.6 Å². The summed E-state index contributed by atoms with van der Waals surface area (Å²) in [6, 6.07) is 3.76. The minimum absolute atomic E-state index is 0.0647. The van der Waals surface area contributed by atoms with Gasteiger partial charge in [0, 0.05) is 19.2 Å². The Balaban J connectivity index is 1.64. The normalized spacial score (nSPS) is 11.8. The van der Waals surface area contributed by atoms with Gasteiger partial charge in [-0.2, -0.15) is 0 Å². The molecule has 0 aliphatic rings. The molecule has 8 nitrogen and oxygen atoms in total. The van der Waals surface area contributed by atoms with E-state index in [4.69, 9.17) is 16.3 Å². The van der Waals surface area contributed by atoms with Crippen molar-refractivity contribution in [2.45, 2.75) is 19.0 Å². The molecule has 0 spiro atoms. The van der Waals surface area contributed by atoms with Gasteiger partial charge < -0.3 is 20.5 Å². The number of amides is 2. The molecule has 0 aliphatic carbocycles. The predicted molar refractivity (Wildman–Crippen MR) is 99.9 cm³/mol. The molecule has 0 aliphatic heterocycles. The lowest BCUT2D eigenvalue weighted by atomic mass is 10.2. The fourth-order valence-electron chi connectivity index (χ4n) is 2.12. The van der Waals surface area contributed by atoms with Gasteiger partial charge in [-0.05, 0) is 18.6 Å². The molecule has 30 heavy (non-hydrogen) atoms. The first kappa shape index (κ1) is 23.4. The maximum Gasteiger partial charge on any atom is 0.281 e. The number of rotatable bonds is 10. The fourth-order valence-corrected chi connectivity index (χ4v) is 2.23. The summed E-state index contributed by atoms with van der Waals surface area (Å²) in [7, 11) is 0. The molecular weight excluding hydrogens is 429 g/mol. The van der Waals surface area contributed by atoms with Crippen LogP contribution in [0.3, 0.4) is 0 Å². The molecule has 0 radical (unpaired) electrons. The summed E-state index contributed by atoms with van der Waals surface area (Å²) < 4.78 is 43.2. The average Bonchev–Trinajstić information content (AvgIpc) is 2.73. The molecule has 0 unspecified atom stereocenters. The van der Waals surface area contributed by atoms with E-state index < -0.39 is 35.9 Å². The molecule has 2 aromatic rings. The maximum atomic E-state index is 13.3. The van der Waals surface area contributed by atoms with Crippen molar-refractivity contribution < 1.29 is 32.6 Å². The molecule has 1 aromatic heterocycles. The van der Waals surface area contributed by atoms with Crippen LogP contribution in [-0.4, -0.2) is 52.7 Å². The summed E-state index contributed by atoms with van der Waals surface area (Å²) >= 11 is 5.55. The summed E-state index contributed by atoms with van der Waals surface area (Å²) in [6.07, 6.45) is -1.93. The SMILES string of the molecule is O=C(COc1ccc(Cl)c(F)c1)NCC[C@H](O)CNC(=O)c1cnc(C(F)F)cn1. The van der Waals surface area contributed by atoms with Gasteiger partial charge in [0.15, 0.2) is 6.61 Å². The molecular formula is C18H18ClF3N4O4. The number of carbonyl (C=O) groups excluding carboxylic acids is 2. The zero-order valence-corrected chi connectivity index (χ0v) is 16.2. The van der Waals surface area contributed by atoms with Crippen LogP contribution < -0.4 is 15.4 Å². The van der Waals surface area contributed by atoms with Gasteiger partial charge in [-0.25, -0.2) is 18.2 Å². The van der Waals surface area contributed by atoms with Crippen molar-refractivity contribution in [2.24, 2.45) is 0 Å². The van der Waals surface area contributed by atoms with Crippen LogP contribution in [0, 0.1) is 5.82 Å². The second-order valence-corrected chi connectivity index (χ2v) is 6.40. The van der Waals surface area contributed by atoms with Crippen LogP contribution in [0.15, 0.2) is 30.6 Å². The highest BCUT2D eigenvalue weighted by Gasteiger charge is 2.14. The van der Waals surface area contributed by atoms with Crippen LogP contribution in [0.4, 0.5) is 13.2 Å². The minimum atomic E-state index is -2.79. The van der Waals surface area contributed by atoms with Crippen LogP contribution in [0.2, 0.25) is 5.02 Å². The summed E-state index contributed by atoms with van der Waals surface area (Å²) in [5.41, 5.74) is -0.719. The lowest BCUT2D eigenvalue weighted by Gasteiger charge is -2.13. The minimum Gasteiger partial charge on any atom is -0.484 e. The second kappa shape index (κ2) is 11.3. The van der Waals surface area contributed by atoms with E-state index in [2.05, 4.69) is 20.6 Å². The molecule has 3 N–H and O–H groups in total. The predicted octanol–water partition coefficient (Wildman–Crippen LogP) is 1.88. The highest BCUT2D eigenvalue weighted by atomic mass is 35.5. The van der Waals surface area contributed by atoms with Crippen molar-refractivity contribution in [1.82, 2.24) is 20.6 Å². The zero-order chi connectivity index (χ0) is 22.1. The van der Waals surface area contributed by atoms with E-state index >= 15 is 0 Å². The van der Waals surface area contributed by atoms with E-state index in [1.54, 1.807) is 0 Å². The van der Waals surface area contributed by atoms with Crippen molar-refractivity contribution in [3.05, 3.63) is 52.8 Å². The molecule has 0 saturated heterocycles. The number of aromatic nitrogens is 2. The van der Waals surface area contributed by atoms with Crippen molar-refractivity contribution in [3.8, 4) is 5.75 Å². The number of benzene rings is 1. The summed E-state index contributed by atoms with van der Waals surface area (Å²) in [5, 5.41) is 14.7. The van der Waals surface area contributed by atoms with Gasteiger partial charge in [0.2, 0.25) is 0 Å². The third-order valence-corrected chi connectivity index (χ3v) is 3.99. The van der Waals surface area contributed by atoms with E-state index in [1.807, 2.05) is 0 Å². The quantitative estimate of drug-likeness (QED) is 0.513. The molecule has 0 bridgehead atoms. The van der Waals surface area contributed by atoms with Crippen LogP contribution in [0.1, 0.15) is 29.0 Å². The first-order valence-electron chi connectivity index (χ1n) is 8.67. The first-order chi connectivity index (χ1) is 14.3. The number of hydrogen-bond donors (Lipinski definition) is 3. The third-order valence-electron chi connectivity index (χ3n) is 3.69. The lowest BCUT2D eigenvalue weighted by Crippen LogP contribution is -2.36. The summed E-state index contributed by atoms with van der Waals surface area (Å²) in [5.74, 6) is -1.71. The van der Waals surface area contributed by atoms with E-state index in [9.17, 15) is 27.9 Å². The van der Waals surface area contributed by atoms with Gasteiger partial charge >= 0.3 is 0 Å². The van der Waals surface area contributed by atoms with E-state index in [0.717, 1.165) is 18.5 Å². The van der Waals surface area contributed by atoms with E-state index in [1.165, 1.54) is 12.1 Å². The number of aliphatic hydroxyl groups excluding tert-OH is 1. The molecule has 0 fully saturated rings. The standard InChI is InChI=1S/C18H18ClF3N4O4/c19-12-2-1-11(5-13(12)20)30-9-16(28)23-4-3-10(27)6-26-18(29)15-8-24-14(7-25-15)17(21)22/h1-2,5,7-8,10,17,27H,3-4,6,9H2,(H,23,28)(H,26,29)/t10-/m0/s1. The Hall–Kier alpha value is -2.92. The van der Waals surface area contributed by atoms with E-state index in [-0.39, 0.29) is 42.6 Å². The molecule has 2 amide bonds. The number of nitrogens with one attached hydrogen (secondary N) is 2. The Labute approximate surface area is 174 Å². The third kappa shape index (κ3) is 7.48. The first-order valence-corrected chi connectivity index (χ1v) is 9.05.